The molecule has 0 heterocycles. The molecule has 0 aromatic carbocycles. The Balaban J connectivity index is 4.14. The smallest absolute Gasteiger partial charge is 0.324 e. The lowest BCUT2D eigenvalue weighted by atomic mass is 11.6. The van der Waals surface area contributed by atoms with Gasteiger partial charge in [-0.3, -0.25) is 9.13 Å². The fourth-order valence-corrected chi connectivity index (χ4v) is 2.78. The maximum atomic E-state index is 10.6. The van der Waals surface area contributed by atoms with Crippen LogP contribution in [0.25, 0.3) is 0 Å². The van der Waals surface area contributed by atoms with Crippen molar-refractivity contribution < 1.29 is 28.4 Å². The van der Waals surface area contributed by atoms with Gasteiger partial charge in [-0.25, -0.2) is 4.62 Å². The van der Waals surface area contributed by atoms with Crippen LogP contribution in [0.3, 0.4) is 0 Å². The van der Waals surface area contributed by atoms with Gasteiger partial charge in [-0.1, -0.05) is 0 Å². The zero-order valence-electron chi connectivity index (χ0n) is 5.67. The molecule has 0 saturated carbocycles. The highest BCUT2D eigenvalue weighted by Gasteiger charge is 2.30. The molecule has 0 bridgehead atoms. The summed E-state index contributed by atoms with van der Waals surface area (Å²) >= 11 is 0. The molecule has 0 aromatic heterocycles. The third kappa shape index (κ3) is 6.65. The van der Waals surface area contributed by atoms with Crippen LogP contribution in [-0.2, 0) is 13.8 Å². The summed E-state index contributed by atoms with van der Waals surface area (Å²) in [7, 11) is -7.47. The molecular weight excluding hydrogens is 196 g/mol. The van der Waals surface area contributed by atoms with Gasteiger partial charge in [-0.2, -0.15) is 5.48 Å². The molecule has 0 fully saturated rings. The minimum Gasteiger partial charge on any atom is -0.324 e. The van der Waals surface area contributed by atoms with Gasteiger partial charge >= 0.3 is 15.2 Å². The van der Waals surface area contributed by atoms with Crippen molar-refractivity contribution in [1.82, 2.24) is 5.48 Å². The second-order valence-corrected chi connectivity index (χ2v) is 5.66. The monoisotopic (exact) mass is 205 g/mol. The predicted octanol–water partition coefficient (Wildman–Crippen LogP) is -0.542. The summed E-state index contributed by atoms with van der Waals surface area (Å²) in [4.78, 5) is 25.1. The Labute approximate surface area is 63.0 Å². The number of hydroxylamine groups is 1. The van der Waals surface area contributed by atoms with E-state index >= 15 is 0 Å². The van der Waals surface area contributed by atoms with E-state index in [0.717, 1.165) is 0 Å². The maximum Gasteiger partial charge on any atom is 0.356 e. The Kier molecular flexibility index (Phi) is 3.87. The molecule has 0 saturated heterocycles. The van der Waals surface area contributed by atoms with Crippen LogP contribution in [0.5, 0.6) is 0 Å². The molecule has 9 heteroatoms. The van der Waals surface area contributed by atoms with Crippen LogP contribution in [0.15, 0.2) is 0 Å². The molecule has 0 amide bonds. The lowest BCUT2D eigenvalue weighted by Crippen LogP contribution is -2.06. The highest BCUT2D eigenvalue weighted by Crippen LogP contribution is 2.54. The quantitative estimate of drug-likeness (QED) is 0.359. The fourth-order valence-electron chi connectivity index (χ4n) is 0.404. The minimum absolute atomic E-state index is 1.18. The van der Waals surface area contributed by atoms with Gasteiger partial charge < -0.3 is 14.7 Å². The summed E-state index contributed by atoms with van der Waals surface area (Å²) in [6, 6.07) is 0. The number of nitrogens with one attached hydrogen (secondary N) is 1. The zero-order valence-corrected chi connectivity index (χ0v) is 7.46. The molecule has 0 rings (SSSR count). The Hall–Kier alpha value is 0.260. The van der Waals surface area contributed by atoms with E-state index in [1.807, 2.05) is 5.48 Å². The van der Waals surface area contributed by atoms with Crippen molar-refractivity contribution in [2.24, 2.45) is 0 Å². The van der Waals surface area contributed by atoms with Crippen LogP contribution in [0.1, 0.15) is 0 Å². The first-order valence-corrected chi connectivity index (χ1v) is 6.04. The van der Waals surface area contributed by atoms with E-state index in [1.54, 1.807) is 0 Å². The largest absolute Gasteiger partial charge is 0.356 e. The third-order valence-electron chi connectivity index (χ3n) is 0.597. The van der Waals surface area contributed by atoms with Crippen LogP contribution in [0.2, 0.25) is 0 Å². The van der Waals surface area contributed by atoms with Gasteiger partial charge in [0.05, 0.1) is 0 Å². The van der Waals surface area contributed by atoms with Gasteiger partial charge in [-0.05, 0) is 0 Å². The van der Waals surface area contributed by atoms with Crippen molar-refractivity contribution in [1.29, 1.82) is 0 Å². The number of rotatable bonds is 4. The number of hydrogen-bond acceptors (Lipinski definition) is 4. The van der Waals surface area contributed by atoms with Crippen LogP contribution >= 0.6 is 15.2 Å². The van der Waals surface area contributed by atoms with Crippen molar-refractivity contribution >= 4 is 15.2 Å². The average Bonchev–Trinajstić information content (AvgIpc) is 1.55. The Morgan fingerprint density at radius 1 is 1.36 bits per heavy atom. The Morgan fingerprint density at radius 3 is 2.09 bits per heavy atom. The molecule has 4 N–H and O–H groups in total. The van der Waals surface area contributed by atoms with Gasteiger partial charge in [0.15, 0.2) is 5.90 Å². The molecule has 68 valence electrons. The predicted molar refractivity (Wildman–Crippen MR) is 36.9 cm³/mol. The van der Waals surface area contributed by atoms with Gasteiger partial charge in [0, 0.05) is 7.05 Å². The Bertz CT molecular complexity index is 209. The fraction of sp³-hybridized carbons (Fsp3) is 1.00. The van der Waals surface area contributed by atoms with E-state index < -0.39 is 21.1 Å². The molecule has 1 atom stereocenters. The summed E-state index contributed by atoms with van der Waals surface area (Å²) < 4.78 is 24.8. The van der Waals surface area contributed by atoms with Crippen LogP contribution in [0.4, 0.5) is 0 Å². The lowest BCUT2D eigenvalue weighted by molar-refractivity contribution is 0.189. The van der Waals surface area contributed by atoms with Crippen molar-refractivity contribution in [3.63, 3.8) is 0 Å². The molecule has 0 aliphatic carbocycles. The van der Waals surface area contributed by atoms with E-state index in [9.17, 15) is 9.13 Å². The maximum absolute atomic E-state index is 10.6. The molecule has 0 spiro atoms. The highest BCUT2D eigenvalue weighted by molar-refractivity contribution is 7.69. The number of hydrogen-bond donors (Lipinski definition) is 4. The second-order valence-electron chi connectivity index (χ2n) is 1.74. The third-order valence-corrected chi connectivity index (χ3v) is 3.97. The van der Waals surface area contributed by atoms with Gasteiger partial charge in [0.2, 0.25) is 0 Å². The van der Waals surface area contributed by atoms with Gasteiger partial charge in [0.25, 0.3) is 0 Å². The highest BCUT2D eigenvalue weighted by atomic mass is 31.2. The lowest BCUT2D eigenvalue weighted by Gasteiger charge is -2.10. The summed E-state index contributed by atoms with van der Waals surface area (Å²) in [6.45, 7) is 0. The van der Waals surface area contributed by atoms with Gasteiger partial charge in [0.1, 0.15) is 0 Å². The normalized spacial score (nSPS) is 17.8. The van der Waals surface area contributed by atoms with Crippen LogP contribution < -0.4 is 5.48 Å². The first-order valence-electron chi connectivity index (χ1n) is 2.48. The van der Waals surface area contributed by atoms with Crippen LogP contribution in [0, 0.1) is 0 Å². The summed E-state index contributed by atoms with van der Waals surface area (Å²) in [6.07, 6.45) is 0. The molecule has 0 aliphatic rings. The summed E-state index contributed by atoms with van der Waals surface area (Å²) in [5.74, 6) is -1.18. The van der Waals surface area contributed by atoms with E-state index in [2.05, 4.69) is 4.62 Å². The summed E-state index contributed by atoms with van der Waals surface area (Å²) in [5.41, 5.74) is 1.87. The van der Waals surface area contributed by atoms with E-state index in [1.165, 1.54) is 7.05 Å². The molecule has 1 unspecified atom stereocenters. The second kappa shape index (κ2) is 3.78. The molecular formula is C2H9NO6P2. The standard InChI is InChI=1S/C2H9NO6P2/c1-3-9-11(7,8)2-10(4,5)6/h3H,2H2,1H3,(H,7,8)(H2,4,5,6). The average molecular weight is 205 g/mol. The zero-order chi connectivity index (χ0) is 9.12. The van der Waals surface area contributed by atoms with E-state index in [-0.39, 0.29) is 0 Å². The molecule has 0 aliphatic heterocycles. The van der Waals surface area contributed by atoms with Crippen LogP contribution in [-0.4, -0.2) is 27.6 Å². The topological polar surface area (TPSA) is 116 Å². The SMILES string of the molecule is CNOP(=O)(O)CP(=O)(O)O. The van der Waals surface area contributed by atoms with Crippen molar-refractivity contribution in [2.75, 3.05) is 13.0 Å². The molecule has 0 aromatic rings. The van der Waals surface area contributed by atoms with Crippen molar-refractivity contribution in [2.45, 2.75) is 0 Å². The first kappa shape index (κ1) is 11.3. The minimum atomic E-state index is -4.50. The van der Waals surface area contributed by atoms with E-state index in [4.69, 9.17) is 14.7 Å². The van der Waals surface area contributed by atoms with Crippen molar-refractivity contribution in [3.05, 3.63) is 0 Å². The summed E-state index contributed by atoms with van der Waals surface area (Å²) in [5, 5.41) is 0. The van der Waals surface area contributed by atoms with Crippen molar-refractivity contribution in [3.8, 4) is 0 Å². The van der Waals surface area contributed by atoms with Gasteiger partial charge in [-0.15, -0.1) is 0 Å². The Morgan fingerprint density at radius 2 is 1.82 bits per heavy atom. The molecule has 7 nitrogen and oxygen atoms in total. The first-order chi connectivity index (χ1) is 4.77. The molecule has 0 radical (unpaired) electrons. The molecule has 11 heavy (non-hydrogen) atoms. The van der Waals surface area contributed by atoms with E-state index in [0.29, 0.717) is 0 Å².